The Kier molecular flexibility index (Phi) is 5.50. The normalized spacial score (nSPS) is 21.2. The summed E-state index contributed by atoms with van der Waals surface area (Å²) in [4.78, 5) is 5.34. The molecule has 1 fully saturated rings. The summed E-state index contributed by atoms with van der Waals surface area (Å²) in [5.74, 6) is 0. The van der Waals surface area contributed by atoms with Gasteiger partial charge in [0.05, 0.1) is 13.2 Å². The van der Waals surface area contributed by atoms with Crippen LogP contribution in [0.5, 0.6) is 0 Å². The largest absolute Gasteiger partial charge is 0.395 e. The van der Waals surface area contributed by atoms with Crippen molar-refractivity contribution in [3.05, 3.63) is 16.1 Å². The minimum absolute atomic E-state index is 0.127. The molecule has 0 aromatic carbocycles. The van der Waals surface area contributed by atoms with E-state index >= 15 is 0 Å². The van der Waals surface area contributed by atoms with Crippen LogP contribution < -0.4 is 4.72 Å². The van der Waals surface area contributed by atoms with Crippen LogP contribution in [-0.4, -0.2) is 42.0 Å². The highest BCUT2D eigenvalue weighted by Gasteiger charge is 2.31. The average Bonchev–Trinajstić information content (AvgIpc) is 2.93. The molecular weight excluding hydrogens is 298 g/mol. The molecule has 1 aliphatic heterocycles. The van der Waals surface area contributed by atoms with Gasteiger partial charge in [0.2, 0.25) is 0 Å². The number of piperidine rings is 1. The molecule has 20 heavy (non-hydrogen) atoms. The van der Waals surface area contributed by atoms with Crippen molar-refractivity contribution in [3.63, 3.8) is 0 Å². The molecule has 0 amide bonds. The molecule has 2 heterocycles. The Balaban J connectivity index is 1.99. The Hall–Kier alpha value is -0.540. The number of aromatic nitrogens is 1. The summed E-state index contributed by atoms with van der Waals surface area (Å²) in [6.45, 7) is 2.60. The van der Waals surface area contributed by atoms with E-state index in [1.54, 1.807) is 6.20 Å². The van der Waals surface area contributed by atoms with E-state index in [2.05, 4.69) is 9.71 Å². The number of aryl methyl sites for hydroxylation is 1. The van der Waals surface area contributed by atoms with Crippen LogP contribution in [0.4, 0.5) is 0 Å². The van der Waals surface area contributed by atoms with Crippen molar-refractivity contribution in [1.29, 1.82) is 0 Å². The lowest BCUT2D eigenvalue weighted by Crippen LogP contribution is -2.50. The van der Waals surface area contributed by atoms with Gasteiger partial charge < -0.3 is 5.11 Å². The zero-order chi connectivity index (χ0) is 14.6. The second-order valence-electron chi connectivity index (χ2n) is 4.84. The highest BCUT2D eigenvalue weighted by atomic mass is 32.2. The molecule has 1 aromatic heterocycles. The fourth-order valence-electron chi connectivity index (χ4n) is 2.30. The predicted octanol–water partition coefficient (Wildman–Crippen LogP) is 0.887. The van der Waals surface area contributed by atoms with Crippen molar-refractivity contribution in [2.75, 3.05) is 13.2 Å². The topological polar surface area (TPSA) is 82.5 Å². The van der Waals surface area contributed by atoms with Crippen LogP contribution in [0.1, 0.15) is 36.1 Å². The third kappa shape index (κ3) is 3.76. The van der Waals surface area contributed by atoms with Gasteiger partial charge in [0.15, 0.2) is 0 Å². The van der Waals surface area contributed by atoms with Gasteiger partial charge in [-0.2, -0.15) is 17.4 Å². The van der Waals surface area contributed by atoms with Gasteiger partial charge in [-0.1, -0.05) is 13.3 Å². The lowest BCUT2D eigenvalue weighted by Gasteiger charge is -2.33. The maximum absolute atomic E-state index is 12.3. The van der Waals surface area contributed by atoms with Crippen molar-refractivity contribution in [1.82, 2.24) is 14.0 Å². The van der Waals surface area contributed by atoms with E-state index in [-0.39, 0.29) is 19.2 Å². The molecule has 2 rings (SSSR count). The molecule has 0 spiro atoms. The molecule has 2 N–H and O–H groups in total. The summed E-state index contributed by atoms with van der Waals surface area (Å²) in [7, 11) is -3.55. The van der Waals surface area contributed by atoms with Gasteiger partial charge in [0.25, 0.3) is 10.2 Å². The number of hydrogen-bond acceptors (Lipinski definition) is 5. The fourth-order valence-corrected chi connectivity index (χ4v) is 4.61. The molecule has 8 heteroatoms. The molecule has 6 nitrogen and oxygen atoms in total. The summed E-state index contributed by atoms with van der Waals surface area (Å²) in [5.41, 5.74) is 0. The Labute approximate surface area is 124 Å². The zero-order valence-corrected chi connectivity index (χ0v) is 13.2. The fraction of sp³-hybridized carbons (Fsp3) is 0.750. The van der Waals surface area contributed by atoms with Crippen LogP contribution in [-0.2, 0) is 23.2 Å². The van der Waals surface area contributed by atoms with Crippen molar-refractivity contribution in [3.8, 4) is 0 Å². The van der Waals surface area contributed by atoms with Crippen LogP contribution in [0.25, 0.3) is 0 Å². The molecule has 1 saturated heterocycles. The zero-order valence-electron chi connectivity index (χ0n) is 11.6. The van der Waals surface area contributed by atoms with Gasteiger partial charge in [-0.05, 0) is 19.3 Å². The maximum atomic E-state index is 12.3. The molecule has 1 aromatic rings. The standard InChI is InChI=1S/C12H21N3O3S2/c1-2-11-7-13-12(19-11)8-14-20(17,18)15-6-4-3-5-10(15)9-16/h7,10,14,16H,2-6,8-9H2,1H3. The first-order valence-corrected chi connectivity index (χ1v) is 9.13. The highest BCUT2D eigenvalue weighted by molar-refractivity contribution is 7.87. The Morgan fingerprint density at radius 1 is 1.55 bits per heavy atom. The summed E-state index contributed by atoms with van der Waals surface area (Å²) in [5, 5.41) is 10.1. The minimum atomic E-state index is -3.55. The first-order chi connectivity index (χ1) is 9.56. The number of nitrogens with one attached hydrogen (secondary N) is 1. The molecule has 0 aliphatic carbocycles. The van der Waals surface area contributed by atoms with E-state index in [4.69, 9.17) is 0 Å². The van der Waals surface area contributed by atoms with E-state index in [1.165, 1.54) is 15.6 Å². The minimum Gasteiger partial charge on any atom is -0.395 e. The maximum Gasteiger partial charge on any atom is 0.280 e. The van der Waals surface area contributed by atoms with Gasteiger partial charge in [-0.15, -0.1) is 11.3 Å². The van der Waals surface area contributed by atoms with Gasteiger partial charge in [-0.25, -0.2) is 4.98 Å². The smallest absolute Gasteiger partial charge is 0.280 e. The number of thiazole rings is 1. The summed E-state index contributed by atoms with van der Waals surface area (Å²) < 4.78 is 28.5. The SMILES string of the molecule is CCc1cnc(CNS(=O)(=O)N2CCCCC2CO)s1. The molecular formula is C12H21N3O3S2. The van der Waals surface area contributed by atoms with Crippen molar-refractivity contribution < 1.29 is 13.5 Å². The molecule has 1 aliphatic rings. The molecule has 114 valence electrons. The number of hydrogen-bond donors (Lipinski definition) is 2. The average molecular weight is 319 g/mol. The third-order valence-electron chi connectivity index (χ3n) is 3.45. The van der Waals surface area contributed by atoms with Crippen molar-refractivity contribution in [2.45, 2.75) is 45.2 Å². The van der Waals surface area contributed by atoms with E-state index in [0.717, 1.165) is 29.1 Å². The molecule has 0 saturated carbocycles. The van der Waals surface area contributed by atoms with E-state index in [9.17, 15) is 13.5 Å². The predicted molar refractivity (Wildman–Crippen MR) is 78.7 cm³/mol. The van der Waals surface area contributed by atoms with Crippen LogP contribution in [0.15, 0.2) is 6.20 Å². The second-order valence-corrected chi connectivity index (χ2v) is 7.75. The van der Waals surface area contributed by atoms with Gasteiger partial charge in [0, 0.05) is 23.7 Å². The third-order valence-corrected chi connectivity index (χ3v) is 6.20. The number of aliphatic hydroxyl groups is 1. The Bertz CT molecular complexity index is 530. The lowest BCUT2D eigenvalue weighted by molar-refractivity contribution is 0.154. The number of aliphatic hydroxyl groups excluding tert-OH is 1. The van der Waals surface area contributed by atoms with Gasteiger partial charge in [-0.3, -0.25) is 0 Å². The van der Waals surface area contributed by atoms with Crippen LogP contribution in [0.3, 0.4) is 0 Å². The van der Waals surface area contributed by atoms with Gasteiger partial charge >= 0.3 is 0 Å². The first-order valence-electron chi connectivity index (χ1n) is 6.87. The van der Waals surface area contributed by atoms with E-state index < -0.39 is 10.2 Å². The van der Waals surface area contributed by atoms with Crippen molar-refractivity contribution >= 4 is 21.5 Å². The number of nitrogens with zero attached hydrogens (tertiary/aromatic N) is 2. The molecule has 1 unspecified atom stereocenters. The molecule has 0 bridgehead atoms. The monoisotopic (exact) mass is 319 g/mol. The van der Waals surface area contributed by atoms with Crippen molar-refractivity contribution in [2.24, 2.45) is 0 Å². The second kappa shape index (κ2) is 6.95. The van der Waals surface area contributed by atoms with E-state index in [1.807, 2.05) is 6.92 Å². The molecule has 1 atom stereocenters. The summed E-state index contributed by atoms with van der Waals surface area (Å²) >= 11 is 1.52. The van der Waals surface area contributed by atoms with Crippen LogP contribution in [0.2, 0.25) is 0 Å². The Morgan fingerprint density at radius 3 is 3.00 bits per heavy atom. The van der Waals surface area contributed by atoms with Gasteiger partial charge in [0.1, 0.15) is 5.01 Å². The summed E-state index contributed by atoms with van der Waals surface area (Å²) in [6.07, 6.45) is 5.21. The summed E-state index contributed by atoms with van der Waals surface area (Å²) in [6, 6.07) is -0.302. The quantitative estimate of drug-likeness (QED) is 0.816. The van der Waals surface area contributed by atoms with E-state index in [0.29, 0.717) is 13.0 Å². The molecule has 0 radical (unpaired) electrons. The highest BCUT2D eigenvalue weighted by Crippen LogP contribution is 2.20. The first kappa shape index (κ1) is 15.8. The Morgan fingerprint density at radius 2 is 2.35 bits per heavy atom. The van der Waals surface area contributed by atoms with Crippen LogP contribution >= 0.6 is 11.3 Å². The number of rotatable bonds is 6. The van der Waals surface area contributed by atoms with Crippen LogP contribution in [0, 0.1) is 0 Å². The lowest BCUT2D eigenvalue weighted by atomic mass is 10.1.